The largest absolute Gasteiger partial charge is 0.518 e. The Labute approximate surface area is 133 Å². The van der Waals surface area contributed by atoms with Crippen LogP contribution in [0.25, 0.3) is 0 Å². The average molecular weight is 334 g/mol. The van der Waals surface area contributed by atoms with E-state index >= 15 is 0 Å². The van der Waals surface area contributed by atoms with Crippen LogP contribution in [0.4, 0.5) is 0 Å². The summed E-state index contributed by atoms with van der Waals surface area (Å²) < 4.78 is 17.1. The Kier molecular flexibility index (Phi) is 9.00. The van der Waals surface area contributed by atoms with Crippen molar-refractivity contribution in [2.75, 3.05) is 14.2 Å². The summed E-state index contributed by atoms with van der Waals surface area (Å²) in [5.41, 5.74) is 0.471. The van der Waals surface area contributed by atoms with Gasteiger partial charge in [-0.05, 0) is 31.0 Å². The number of carbonyl (C=O) groups excluding carboxylic acids is 1. The van der Waals surface area contributed by atoms with Crippen LogP contribution < -0.4 is 0 Å². The van der Waals surface area contributed by atoms with E-state index in [1.54, 1.807) is 14.2 Å². The summed E-state index contributed by atoms with van der Waals surface area (Å²) in [6, 6.07) is 1.93. The van der Waals surface area contributed by atoms with E-state index in [0.717, 1.165) is 18.5 Å². The first-order chi connectivity index (χ1) is 9.81. The molecule has 0 heterocycles. The molecule has 0 amide bonds. The minimum Gasteiger partial charge on any atom is -0.518 e. The summed E-state index contributed by atoms with van der Waals surface area (Å²) in [6.45, 7) is 12.6. The lowest BCUT2D eigenvalue weighted by atomic mass is 10.1. The van der Waals surface area contributed by atoms with Crippen LogP contribution in [-0.4, -0.2) is 37.8 Å². The molecule has 0 N–H and O–H groups in total. The van der Waals surface area contributed by atoms with Crippen LogP contribution in [0.3, 0.4) is 0 Å². The zero-order valence-electron chi connectivity index (χ0n) is 15.0. The van der Waals surface area contributed by atoms with Gasteiger partial charge in [-0.2, -0.15) is 0 Å². The van der Waals surface area contributed by atoms with Crippen molar-refractivity contribution in [2.24, 2.45) is 0 Å². The van der Waals surface area contributed by atoms with Gasteiger partial charge in [-0.15, -0.1) is 0 Å². The standard InChI is InChI=1S/C15H33O4Si2/c1-9-13(5)21(11-3,12-4)19-14(16)15(6,10-2)20(17-7)18-8/h13H,9-12H2,1-8H3. The molecule has 0 spiro atoms. The third-order valence-corrected chi connectivity index (χ3v) is 12.4. The molecule has 0 aromatic carbocycles. The summed E-state index contributed by atoms with van der Waals surface area (Å²) >= 11 is 0. The number of hydrogen-bond donors (Lipinski definition) is 0. The van der Waals surface area contributed by atoms with Gasteiger partial charge in [-0.3, -0.25) is 4.79 Å². The zero-order chi connectivity index (χ0) is 16.7. The van der Waals surface area contributed by atoms with Gasteiger partial charge >= 0.3 is 9.28 Å². The molecule has 125 valence electrons. The highest BCUT2D eigenvalue weighted by Gasteiger charge is 2.50. The highest BCUT2D eigenvalue weighted by molar-refractivity contribution is 6.76. The van der Waals surface area contributed by atoms with Gasteiger partial charge in [-0.1, -0.05) is 41.0 Å². The third-order valence-electron chi connectivity index (χ3n) is 4.98. The predicted octanol–water partition coefficient (Wildman–Crippen LogP) is 4.27. The maximum Gasteiger partial charge on any atom is 0.402 e. The third kappa shape index (κ3) is 4.40. The maximum absolute atomic E-state index is 12.9. The van der Waals surface area contributed by atoms with Crippen molar-refractivity contribution in [3.63, 3.8) is 0 Å². The van der Waals surface area contributed by atoms with Crippen molar-refractivity contribution in [3.8, 4) is 0 Å². The van der Waals surface area contributed by atoms with Gasteiger partial charge in [0.2, 0.25) is 0 Å². The van der Waals surface area contributed by atoms with Crippen LogP contribution in [0.2, 0.25) is 22.7 Å². The Morgan fingerprint density at radius 2 is 1.62 bits per heavy atom. The summed E-state index contributed by atoms with van der Waals surface area (Å²) in [7, 11) is -0.516. The second kappa shape index (κ2) is 9.07. The van der Waals surface area contributed by atoms with Crippen LogP contribution >= 0.6 is 0 Å². The van der Waals surface area contributed by atoms with Gasteiger partial charge in [0.1, 0.15) is 5.04 Å². The van der Waals surface area contributed by atoms with Crippen LogP contribution in [0, 0.1) is 0 Å². The fraction of sp³-hybridized carbons (Fsp3) is 0.933. The van der Waals surface area contributed by atoms with Gasteiger partial charge in [0, 0.05) is 14.2 Å². The molecule has 0 aromatic rings. The summed E-state index contributed by atoms with van der Waals surface area (Å²) in [5, 5.41) is -0.662. The van der Waals surface area contributed by atoms with Gasteiger partial charge in [0.05, 0.1) is 0 Å². The summed E-state index contributed by atoms with van der Waals surface area (Å²) in [5.74, 6) is -0.127. The molecule has 6 heteroatoms. The van der Waals surface area contributed by atoms with Gasteiger partial charge in [-0.25, -0.2) is 0 Å². The first-order valence-electron chi connectivity index (χ1n) is 8.00. The van der Waals surface area contributed by atoms with Crippen molar-refractivity contribution in [1.29, 1.82) is 0 Å². The summed E-state index contributed by atoms with van der Waals surface area (Å²) in [6.07, 6.45) is 1.72. The minimum absolute atomic E-state index is 0.127. The van der Waals surface area contributed by atoms with E-state index in [4.69, 9.17) is 13.3 Å². The molecule has 21 heavy (non-hydrogen) atoms. The molecule has 0 rings (SSSR count). The van der Waals surface area contributed by atoms with Crippen LogP contribution in [-0.2, 0) is 18.1 Å². The normalized spacial score (nSPS) is 16.6. The molecule has 2 unspecified atom stereocenters. The molecule has 0 saturated heterocycles. The molecule has 4 nitrogen and oxygen atoms in total. The second-order valence-corrected chi connectivity index (χ2v) is 13.1. The van der Waals surface area contributed by atoms with Gasteiger partial charge in [0.15, 0.2) is 0 Å². The fourth-order valence-corrected chi connectivity index (χ4v) is 8.17. The SMILES string of the molecule is CCC(C)[Si](CC)(CC)OC(=O)C(C)(CC)[Si](OC)OC. The molecule has 0 aliphatic rings. The maximum atomic E-state index is 12.9. The lowest BCUT2D eigenvalue weighted by Gasteiger charge is -2.38. The lowest BCUT2D eigenvalue weighted by Crippen LogP contribution is -2.49. The molecule has 0 aliphatic heterocycles. The van der Waals surface area contributed by atoms with Crippen molar-refractivity contribution in [1.82, 2.24) is 0 Å². The van der Waals surface area contributed by atoms with E-state index in [9.17, 15) is 4.79 Å². The second-order valence-electron chi connectivity index (χ2n) is 5.85. The Morgan fingerprint density at radius 3 is 1.90 bits per heavy atom. The minimum atomic E-state index is -2.05. The molecule has 0 aromatic heterocycles. The van der Waals surface area contributed by atoms with Crippen LogP contribution in [0.5, 0.6) is 0 Å². The van der Waals surface area contributed by atoms with Crippen LogP contribution in [0.1, 0.15) is 54.4 Å². The van der Waals surface area contributed by atoms with Crippen molar-refractivity contribution >= 4 is 23.6 Å². The molecule has 0 saturated carbocycles. The quantitative estimate of drug-likeness (QED) is 0.560. The first kappa shape index (κ1) is 20.8. The highest BCUT2D eigenvalue weighted by atomic mass is 28.4. The smallest absolute Gasteiger partial charge is 0.402 e. The number of hydrogen-bond acceptors (Lipinski definition) is 4. The lowest BCUT2D eigenvalue weighted by molar-refractivity contribution is -0.139. The average Bonchev–Trinajstić information content (AvgIpc) is 2.52. The molecule has 0 bridgehead atoms. The monoisotopic (exact) mass is 333 g/mol. The topological polar surface area (TPSA) is 44.8 Å². The van der Waals surface area contributed by atoms with Crippen LogP contribution in [0.15, 0.2) is 0 Å². The number of carbonyl (C=O) groups is 1. The van der Waals surface area contributed by atoms with Gasteiger partial charge in [0.25, 0.3) is 14.3 Å². The van der Waals surface area contributed by atoms with E-state index in [1.165, 1.54) is 0 Å². The molecule has 0 aliphatic carbocycles. The van der Waals surface area contributed by atoms with E-state index < -0.39 is 22.6 Å². The van der Waals surface area contributed by atoms with E-state index in [1.807, 2.05) is 13.8 Å². The zero-order valence-corrected chi connectivity index (χ0v) is 17.0. The van der Waals surface area contributed by atoms with Gasteiger partial charge < -0.3 is 13.3 Å². The van der Waals surface area contributed by atoms with E-state index in [0.29, 0.717) is 12.0 Å². The Hall–Kier alpha value is -0.176. The molecule has 1 radical (unpaired) electrons. The van der Waals surface area contributed by atoms with E-state index in [2.05, 4.69) is 27.7 Å². The molecule has 2 atom stereocenters. The van der Waals surface area contributed by atoms with Crippen molar-refractivity contribution in [3.05, 3.63) is 0 Å². The van der Waals surface area contributed by atoms with E-state index in [-0.39, 0.29) is 5.97 Å². The van der Waals surface area contributed by atoms with Crippen molar-refractivity contribution in [2.45, 2.75) is 77.1 Å². The molecular weight excluding hydrogens is 300 g/mol. The summed E-state index contributed by atoms with van der Waals surface area (Å²) in [4.78, 5) is 12.9. The molecular formula is C15H33O4Si2. The highest BCUT2D eigenvalue weighted by Crippen LogP contribution is 2.40. The van der Waals surface area contributed by atoms with Crippen molar-refractivity contribution < 1.29 is 18.1 Å². The predicted molar refractivity (Wildman–Crippen MR) is 91.0 cm³/mol. The Bertz CT molecular complexity index is 317. The Morgan fingerprint density at radius 1 is 1.14 bits per heavy atom. The Balaban J connectivity index is 5.38. The first-order valence-corrected chi connectivity index (χ1v) is 11.7. The fourth-order valence-electron chi connectivity index (χ4n) is 2.77. The molecule has 0 fully saturated rings. The number of rotatable bonds is 10.